The number of nitrogens with zero attached hydrogens (tertiary/aromatic N) is 1. The predicted molar refractivity (Wildman–Crippen MR) is 97.0 cm³/mol. The van der Waals surface area contributed by atoms with E-state index in [2.05, 4.69) is 51.1 Å². The van der Waals surface area contributed by atoms with Crippen molar-refractivity contribution >= 4 is 12.4 Å². The van der Waals surface area contributed by atoms with E-state index < -0.39 is 0 Å². The highest BCUT2D eigenvalue weighted by Crippen LogP contribution is 2.19. The Kier molecular flexibility index (Phi) is 11.8. The predicted octanol–water partition coefficient (Wildman–Crippen LogP) is 5.83. The minimum Gasteiger partial charge on any atom is -0.320 e. The molecular weight excluding hydrogens is 278 g/mol. The molecule has 0 spiro atoms. The van der Waals surface area contributed by atoms with E-state index in [-0.39, 0.29) is 12.4 Å². The van der Waals surface area contributed by atoms with Gasteiger partial charge in [-0.1, -0.05) is 70.4 Å². The quantitative estimate of drug-likeness (QED) is 0.451. The summed E-state index contributed by atoms with van der Waals surface area (Å²) in [5.74, 6) is 0. The summed E-state index contributed by atoms with van der Waals surface area (Å²) >= 11 is 0. The molecule has 0 atom stereocenters. The molecule has 0 fully saturated rings. The summed E-state index contributed by atoms with van der Waals surface area (Å²) < 4.78 is 1.31. The Hall–Kier alpha value is -0.530. The second kappa shape index (κ2) is 12.1. The maximum atomic E-state index is 2.32. The molecule has 0 bridgehead atoms. The van der Waals surface area contributed by atoms with Crippen LogP contribution in [-0.2, 0) is 6.54 Å². The fraction of sp³-hybridized carbons (Fsp3) is 0.684. The van der Waals surface area contributed by atoms with Crippen molar-refractivity contribution in [3.63, 3.8) is 0 Å². The maximum Gasteiger partial charge on any atom is 0.104 e. The van der Waals surface area contributed by atoms with Crippen molar-refractivity contribution in [2.45, 2.75) is 65.8 Å². The van der Waals surface area contributed by atoms with E-state index in [9.17, 15) is 0 Å². The van der Waals surface area contributed by atoms with Crippen LogP contribution < -0.4 is 0 Å². The first kappa shape index (κ1) is 20.5. The smallest absolute Gasteiger partial charge is 0.104 e. The Morgan fingerprint density at radius 3 is 1.52 bits per heavy atom. The van der Waals surface area contributed by atoms with E-state index in [1.54, 1.807) is 0 Å². The SMILES string of the molecule is CCCC[N+](CCCC)(CCCC)Cc1ccccc1.Cl. The number of hydrogen-bond acceptors (Lipinski definition) is 0. The molecule has 0 unspecified atom stereocenters. The number of hydrogen-bond donors (Lipinski definition) is 0. The zero-order valence-electron chi connectivity index (χ0n) is 14.3. The van der Waals surface area contributed by atoms with Gasteiger partial charge in [-0.05, 0) is 19.3 Å². The zero-order valence-corrected chi connectivity index (χ0v) is 15.1. The highest BCUT2D eigenvalue weighted by Gasteiger charge is 2.25. The lowest BCUT2D eigenvalue weighted by atomic mass is 10.1. The van der Waals surface area contributed by atoms with Crippen molar-refractivity contribution in [1.82, 2.24) is 0 Å². The van der Waals surface area contributed by atoms with Gasteiger partial charge in [0, 0.05) is 5.56 Å². The van der Waals surface area contributed by atoms with Gasteiger partial charge in [0.2, 0.25) is 0 Å². The fourth-order valence-electron chi connectivity index (χ4n) is 3.02. The third-order valence-electron chi connectivity index (χ3n) is 4.32. The number of benzene rings is 1. The van der Waals surface area contributed by atoms with Crippen LogP contribution in [0, 0.1) is 0 Å². The fourth-order valence-corrected chi connectivity index (χ4v) is 3.02. The molecule has 0 radical (unpaired) electrons. The van der Waals surface area contributed by atoms with Gasteiger partial charge in [-0.2, -0.15) is 0 Å². The number of unbranched alkanes of at least 4 members (excludes halogenated alkanes) is 3. The standard InChI is InChI=1S/C19H34N.ClH/c1-4-7-15-20(16-8-5-2,17-9-6-3)18-19-13-11-10-12-14-19;/h10-14H,4-9,15-18H2,1-3H3;1H/q+1;. The second-order valence-corrected chi connectivity index (χ2v) is 6.22. The first-order valence-corrected chi connectivity index (χ1v) is 8.65. The second-order valence-electron chi connectivity index (χ2n) is 6.22. The van der Waals surface area contributed by atoms with Crippen LogP contribution >= 0.6 is 12.4 Å². The molecule has 2 heteroatoms. The normalized spacial score (nSPS) is 11.2. The summed E-state index contributed by atoms with van der Waals surface area (Å²) in [4.78, 5) is 0. The van der Waals surface area contributed by atoms with Gasteiger partial charge < -0.3 is 4.48 Å². The van der Waals surface area contributed by atoms with Crippen molar-refractivity contribution in [2.75, 3.05) is 19.6 Å². The van der Waals surface area contributed by atoms with Gasteiger partial charge in [0.1, 0.15) is 6.54 Å². The van der Waals surface area contributed by atoms with E-state index in [1.165, 1.54) is 74.8 Å². The van der Waals surface area contributed by atoms with Gasteiger partial charge in [0.05, 0.1) is 19.6 Å². The third-order valence-corrected chi connectivity index (χ3v) is 4.32. The van der Waals surface area contributed by atoms with Crippen LogP contribution in [0.5, 0.6) is 0 Å². The summed E-state index contributed by atoms with van der Waals surface area (Å²) in [7, 11) is 0. The van der Waals surface area contributed by atoms with Crippen molar-refractivity contribution < 1.29 is 4.48 Å². The van der Waals surface area contributed by atoms with Gasteiger partial charge in [-0.25, -0.2) is 0 Å². The first-order valence-electron chi connectivity index (χ1n) is 8.65. The van der Waals surface area contributed by atoms with Crippen molar-refractivity contribution in [1.29, 1.82) is 0 Å². The van der Waals surface area contributed by atoms with E-state index in [4.69, 9.17) is 0 Å². The maximum absolute atomic E-state index is 2.32. The van der Waals surface area contributed by atoms with Gasteiger partial charge in [-0.3, -0.25) is 0 Å². The minimum atomic E-state index is 0. The molecule has 0 aliphatic rings. The summed E-state index contributed by atoms with van der Waals surface area (Å²) in [6.45, 7) is 12.2. The molecule has 1 nitrogen and oxygen atoms in total. The molecule has 0 aromatic heterocycles. The van der Waals surface area contributed by atoms with Gasteiger partial charge >= 0.3 is 0 Å². The van der Waals surface area contributed by atoms with Crippen LogP contribution in [0.4, 0.5) is 0 Å². The van der Waals surface area contributed by atoms with Crippen LogP contribution in [0.3, 0.4) is 0 Å². The van der Waals surface area contributed by atoms with Crippen LogP contribution in [0.25, 0.3) is 0 Å². The molecule has 0 aliphatic carbocycles. The van der Waals surface area contributed by atoms with E-state index in [1.807, 2.05) is 0 Å². The molecule has 0 saturated heterocycles. The Balaban J connectivity index is 0.00000400. The average Bonchev–Trinajstić information content (AvgIpc) is 2.49. The molecule has 0 amide bonds. The number of halogens is 1. The van der Waals surface area contributed by atoms with Crippen molar-refractivity contribution in [3.05, 3.63) is 35.9 Å². The van der Waals surface area contributed by atoms with Crippen LogP contribution in [0.15, 0.2) is 30.3 Å². The molecule has 0 N–H and O–H groups in total. The Morgan fingerprint density at radius 1 is 0.714 bits per heavy atom. The Labute approximate surface area is 138 Å². The number of rotatable bonds is 11. The monoisotopic (exact) mass is 312 g/mol. The molecular formula is C19H35ClN+. The van der Waals surface area contributed by atoms with Crippen LogP contribution in [0.2, 0.25) is 0 Å². The highest BCUT2D eigenvalue weighted by molar-refractivity contribution is 5.85. The number of quaternary nitrogens is 1. The third kappa shape index (κ3) is 7.87. The van der Waals surface area contributed by atoms with Crippen LogP contribution in [0.1, 0.15) is 64.9 Å². The first-order chi connectivity index (χ1) is 9.76. The Bertz CT molecular complexity index is 315. The molecule has 0 aliphatic heterocycles. The largest absolute Gasteiger partial charge is 0.320 e. The van der Waals surface area contributed by atoms with Gasteiger partial charge in [-0.15, -0.1) is 12.4 Å². The molecule has 122 valence electrons. The Morgan fingerprint density at radius 2 is 1.14 bits per heavy atom. The lowest BCUT2D eigenvalue weighted by molar-refractivity contribution is -0.941. The molecule has 0 heterocycles. The molecule has 0 saturated carbocycles. The van der Waals surface area contributed by atoms with E-state index in [0.717, 1.165) is 0 Å². The minimum absolute atomic E-state index is 0. The topological polar surface area (TPSA) is 0 Å². The van der Waals surface area contributed by atoms with Gasteiger partial charge in [0.25, 0.3) is 0 Å². The highest BCUT2D eigenvalue weighted by atomic mass is 35.5. The zero-order chi connectivity index (χ0) is 14.7. The van der Waals surface area contributed by atoms with Gasteiger partial charge in [0.15, 0.2) is 0 Å². The molecule has 1 rings (SSSR count). The molecule has 1 aromatic rings. The summed E-state index contributed by atoms with van der Waals surface area (Å²) in [6, 6.07) is 11.1. The molecule has 1 aromatic carbocycles. The lowest BCUT2D eigenvalue weighted by Gasteiger charge is -2.39. The average molecular weight is 313 g/mol. The van der Waals surface area contributed by atoms with Crippen molar-refractivity contribution in [3.8, 4) is 0 Å². The summed E-state index contributed by atoms with van der Waals surface area (Å²) in [5.41, 5.74) is 1.51. The van der Waals surface area contributed by atoms with Crippen LogP contribution in [-0.4, -0.2) is 24.1 Å². The summed E-state index contributed by atoms with van der Waals surface area (Å²) in [5, 5.41) is 0. The van der Waals surface area contributed by atoms with E-state index in [0.29, 0.717) is 0 Å². The lowest BCUT2D eigenvalue weighted by Crippen LogP contribution is -2.49. The summed E-state index contributed by atoms with van der Waals surface area (Å²) in [6.07, 6.45) is 8.02. The molecule has 21 heavy (non-hydrogen) atoms. The van der Waals surface area contributed by atoms with E-state index >= 15 is 0 Å². The van der Waals surface area contributed by atoms with Crippen molar-refractivity contribution in [2.24, 2.45) is 0 Å².